The number of halogens is 2. The van der Waals surface area contributed by atoms with E-state index in [-0.39, 0.29) is 34.1 Å². The third kappa shape index (κ3) is 12.4. The molecule has 5 rings (SSSR count). The molecule has 0 fully saturated rings. The first-order chi connectivity index (χ1) is 29.1. The fourth-order valence-corrected chi connectivity index (χ4v) is 6.72. The standard InChI is InChI=1S/C49H52F2O10/c1-31(2)45(52)58-25-13-9-7-11-23-56-33-15-21-39(43(50)29-33)47(54)60-35-17-19-37-38-20-18-36(28-42(38)49(5,6)41(37)27-35)61-48(55)40-22-16-34(30-44(40)51)57-24-12-8-10-14-26-59-46(53)32(3)4/h15-22,27-30H,1,3,7-14,23-26H2,2,4-6H3. The molecule has 0 bridgehead atoms. The lowest BCUT2D eigenvalue weighted by Gasteiger charge is -2.22. The highest BCUT2D eigenvalue weighted by Gasteiger charge is 2.36. The number of unbranched alkanes of at least 4 members (excludes halogenated alkanes) is 6. The molecule has 0 atom stereocenters. The van der Waals surface area contributed by atoms with E-state index in [9.17, 15) is 19.2 Å². The molecule has 322 valence electrons. The first-order valence-electron chi connectivity index (χ1n) is 20.4. The molecule has 0 N–H and O–H groups in total. The van der Waals surface area contributed by atoms with E-state index in [1.54, 1.807) is 38.1 Å². The van der Waals surface area contributed by atoms with Gasteiger partial charge in [-0.3, -0.25) is 0 Å². The van der Waals surface area contributed by atoms with Crippen molar-refractivity contribution in [2.45, 2.75) is 84.5 Å². The second-order valence-electron chi connectivity index (χ2n) is 15.5. The van der Waals surface area contributed by atoms with E-state index in [1.807, 2.05) is 26.0 Å². The Labute approximate surface area is 355 Å². The van der Waals surface area contributed by atoms with Gasteiger partial charge in [-0.25, -0.2) is 28.0 Å². The number of hydrogen-bond acceptors (Lipinski definition) is 10. The zero-order valence-corrected chi connectivity index (χ0v) is 35.2. The molecule has 0 saturated carbocycles. The van der Waals surface area contributed by atoms with Crippen molar-refractivity contribution in [2.75, 3.05) is 26.4 Å². The minimum atomic E-state index is -0.863. The molecule has 4 aromatic rings. The summed E-state index contributed by atoms with van der Waals surface area (Å²) in [5, 5.41) is 0. The van der Waals surface area contributed by atoms with Gasteiger partial charge in [-0.15, -0.1) is 0 Å². The summed E-state index contributed by atoms with van der Waals surface area (Å²) in [6.45, 7) is 15.6. The van der Waals surface area contributed by atoms with Crippen molar-refractivity contribution in [3.05, 3.63) is 131 Å². The number of hydrogen-bond donors (Lipinski definition) is 0. The van der Waals surface area contributed by atoms with Gasteiger partial charge < -0.3 is 28.4 Å². The number of benzene rings is 4. The number of fused-ring (bicyclic) bond motifs is 3. The average Bonchev–Trinajstić information content (AvgIpc) is 3.44. The van der Waals surface area contributed by atoms with Gasteiger partial charge in [0.2, 0.25) is 0 Å². The average molecular weight is 839 g/mol. The van der Waals surface area contributed by atoms with Crippen molar-refractivity contribution in [3.63, 3.8) is 0 Å². The number of carbonyl (C=O) groups is 4. The molecule has 0 amide bonds. The van der Waals surface area contributed by atoms with E-state index in [4.69, 9.17) is 28.4 Å². The van der Waals surface area contributed by atoms with Crippen LogP contribution < -0.4 is 18.9 Å². The highest BCUT2D eigenvalue weighted by atomic mass is 19.1. The Kier molecular flexibility index (Phi) is 16.0. The molecule has 0 radical (unpaired) electrons. The van der Waals surface area contributed by atoms with Gasteiger partial charge in [-0.1, -0.05) is 39.1 Å². The predicted octanol–water partition coefficient (Wildman–Crippen LogP) is 10.8. The van der Waals surface area contributed by atoms with E-state index in [2.05, 4.69) is 13.2 Å². The number of rotatable bonds is 22. The van der Waals surface area contributed by atoms with Gasteiger partial charge in [-0.05, 0) is 136 Å². The Morgan fingerprint density at radius 3 is 1.23 bits per heavy atom. The molecule has 12 heteroatoms. The van der Waals surface area contributed by atoms with Crippen LogP contribution in [0.1, 0.15) is 111 Å². The molecule has 0 unspecified atom stereocenters. The second kappa shape index (κ2) is 21.3. The van der Waals surface area contributed by atoms with Gasteiger partial charge in [0.15, 0.2) is 0 Å². The van der Waals surface area contributed by atoms with E-state index < -0.39 is 40.9 Å². The Balaban J connectivity index is 1.10. The Morgan fingerprint density at radius 2 is 0.869 bits per heavy atom. The fourth-order valence-electron chi connectivity index (χ4n) is 6.72. The summed E-state index contributed by atoms with van der Waals surface area (Å²) in [7, 11) is 0. The van der Waals surface area contributed by atoms with Crippen molar-refractivity contribution >= 4 is 23.9 Å². The van der Waals surface area contributed by atoms with Crippen molar-refractivity contribution in [1.82, 2.24) is 0 Å². The molecular formula is C49H52F2O10. The van der Waals surface area contributed by atoms with Crippen molar-refractivity contribution < 1.29 is 56.4 Å². The van der Waals surface area contributed by atoms with E-state index in [1.165, 1.54) is 24.3 Å². The lowest BCUT2D eigenvalue weighted by Crippen LogP contribution is -2.16. The maximum Gasteiger partial charge on any atom is 0.346 e. The zero-order chi connectivity index (χ0) is 44.1. The lowest BCUT2D eigenvalue weighted by molar-refractivity contribution is -0.139. The Morgan fingerprint density at radius 1 is 0.508 bits per heavy atom. The van der Waals surface area contributed by atoms with Crippen LogP contribution in [0.4, 0.5) is 8.78 Å². The predicted molar refractivity (Wildman–Crippen MR) is 226 cm³/mol. The normalized spacial score (nSPS) is 12.1. The van der Waals surface area contributed by atoms with Crippen LogP contribution in [0.3, 0.4) is 0 Å². The number of ether oxygens (including phenoxy) is 6. The molecular weight excluding hydrogens is 787 g/mol. The van der Waals surface area contributed by atoms with Crippen molar-refractivity contribution in [1.29, 1.82) is 0 Å². The van der Waals surface area contributed by atoms with E-state index in [0.29, 0.717) is 37.6 Å². The Bertz CT molecular complexity index is 2120. The molecule has 4 aromatic carbocycles. The third-order valence-corrected chi connectivity index (χ3v) is 10.1. The zero-order valence-electron chi connectivity index (χ0n) is 35.2. The minimum absolute atomic E-state index is 0.229. The monoisotopic (exact) mass is 838 g/mol. The molecule has 1 aliphatic rings. The first-order valence-corrected chi connectivity index (χ1v) is 20.4. The first kappa shape index (κ1) is 45.8. The van der Waals surface area contributed by atoms with Gasteiger partial charge in [0.25, 0.3) is 0 Å². The van der Waals surface area contributed by atoms with Crippen molar-refractivity contribution in [3.8, 4) is 34.1 Å². The van der Waals surface area contributed by atoms with Crippen LogP contribution in [-0.4, -0.2) is 50.3 Å². The molecule has 0 spiro atoms. The fraction of sp³-hybridized carbons (Fsp3) is 0.347. The largest absolute Gasteiger partial charge is 0.493 e. The molecule has 61 heavy (non-hydrogen) atoms. The Hall–Kier alpha value is -6.30. The number of esters is 4. The van der Waals surface area contributed by atoms with Crippen molar-refractivity contribution in [2.24, 2.45) is 0 Å². The second-order valence-corrected chi connectivity index (χ2v) is 15.5. The van der Waals surface area contributed by atoms with Gasteiger partial charge in [0.1, 0.15) is 34.6 Å². The summed E-state index contributed by atoms with van der Waals surface area (Å²) in [6.07, 6.45) is 6.25. The molecule has 0 saturated heterocycles. The van der Waals surface area contributed by atoms with E-state index in [0.717, 1.165) is 85.8 Å². The molecule has 10 nitrogen and oxygen atoms in total. The molecule has 0 aromatic heterocycles. The van der Waals surface area contributed by atoms with Crippen LogP contribution in [0.15, 0.2) is 97.1 Å². The summed E-state index contributed by atoms with van der Waals surface area (Å²) in [6, 6.07) is 18.4. The SMILES string of the molecule is C=C(C)C(=O)OCCCCCCOc1ccc(C(=O)Oc2ccc3c(c2)C(C)(C)c2cc(OC(=O)c4ccc(OCCCCCCOC(=O)C(=C)C)cc4F)ccc2-3)c(F)c1. The van der Waals surface area contributed by atoms with Gasteiger partial charge in [0.05, 0.1) is 37.6 Å². The quantitative estimate of drug-likeness (QED) is 0.0327. The minimum Gasteiger partial charge on any atom is -0.493 e. The van der Waals surface area contributed by atoms with Crippen LogP contribution in [0, 0.1) is 11.6 Å². The summed E-state index contributed by atoms with van der Waals surface area (Å²) < 4.78 is 62.9. The van der Waals surface area contributed by atoms with Gasteiger partial charge >= 0.3 is 23.9 Å². The van der Waals surface area contributed by atoms with E-state index >= 15 is 8.78 Å². The van der Waals surface area contributed by atoms with Crippen LogP contribution in [0.25, 0.3) is 11.1 Å². The molecule has 1 aliphatic carbocycles. The van der Waals surface area contributed by atoms with Crippen LogP contribution in [0.5, 0.6) is 23.0 Å². The van der Waals surface area contributed by atoms with Crippen LogP contribution >= 0.6 is 0 Å². The highest BCUT2D eigenvalue weighted by molar-refractivity contribution is 5.93. The maximum atomic E-state index is 15.1. The highest BCUT2D eigenvalue weighted by Crippen LogP contribution is 2.50. The lowest BCUT2D eigenvalue weighted by atomic mass is 9.82. The summed E-state index contributed by atoms with van der Waals surface area (Å²) >= 11 is 0. The summed E-state index contributed by atoms with van der Waals surface area (Å²) in [5.41, 5.74) is 3.11. The van der Waals surface area contributed by atoms with Crippen LogP contribution in [-0.2, 0) is 24.5 Å². The van der Waals surface area contributed by atoms with Crippen LogP contribution in [0.2, 0.25) is 0 Å². The molecule has 0 heterocycles. The summed E-state index contributed by atoms with van der Waals surface area (Å²) in [4.78, 5) is 49.0. The summed E-state index contributed by atoms with van der Waals surface area (Å²) in [5.74, 6) is -3.04. The third-order valence-electron chi connectivity index (χ3n) is 10.1. The maximum absolute atomic E-state index is 15.1. The topological polar surface area (TPSA) is 124 Å². The van der Waals surface area contributed by atoms with Gasteiger partial charge in [0, 0.05) is 28.7 Å². The van der Waals surface area contributed by atoms with Gasteiger partial charge in [-0.2, -0.15) is 0 Å². The smallest absolute Gasteiger partial charge is 0.346 e. The number of carbonyl (C=O) groups excluding carboxylic acids is 4. The molecule has 0 aliphatic heterocycles.